The number of benzene rings is 1. The molecule has 36 heavy (non-hydrogen) atoms. The van der Waals surface area contributed by atoms with E-state index in [4.69, 9.17) is 19.4 Å². The van der Waals surface area contributed by atoms with E-state index in [-0.39, 0.29) is 22.9 Å². The van der Waals surface area contributed by atoms with Crippen LogP contribution < -0.4 is 9.84 Å². The summed E-state index contributed by atoms with van der Waals surface area (Å²) in [7, 11) is 2.45. The number of quaternary nitrogens is 1. The number of aromatic hydroxyl groups is 1. The van der Waals surface area contributed by atoms with Crippen LogP contribution in [-0.2, 0) is 21.4 Å². The van der Waals surface area contributed by atoms with E-state index in [2.05, 4.69) is 20.0 Å². The molecular weight excluding hydrogens is 479 g/mol. The number of ether oxygens (including phenoxy) is 2. The van der Waals surface area contributed by atoms with Gasteiger partial charge in [-0.3, -0.25) is 0 Å². The molecule has 0 amide bonds. The maximum atomic E-state index is 11.0. The topological polar surface area (TPSA) is 99.1 Å². The fraction of sp³-hybridized carbons (Fsp3) is 0.731. The Morgan fingerprint density at radius 1 is 1.28 bits per heavy atom. The number of nitrogens with zero attached hydrogens (tertiary/aromatic N) is 1. The van der Waals surface area contributed by atoms with Gasteiger partial charge < -0.3 is 34.1 Å². The first-order chi connectivity index (χ1) is 16.9. The predicted molar refractivity (Wildman–Crippen MR) is 120 cm³/mol. The fourth-order valence-electron chi connectivity index (χ4n) is 7.67. The summed E-state index contributed by atoms with van der Waals surface area (Å²) in [5, 5.41) is 30.5. The first-order valence-corrected chi connectivity index (χ1v) is 12.9. The lowest BCUT2D eigenvalue weighted by atomic mass is 9.48. The Kier molecular flexibility index (Phi) is 6.04. The van der Waals surface area contributed by atoms with Crippen molar-refractivity contribution in [2.45, 2.75) is 87.3 Å². The molecule has 6 atom stereocenters. The Balaban J connectivity index is 0.000000338. The summed E-state index contributed by atoms with van der Waals surface area (Å²) >= 11 is 0. The van der Waals surface area contributed by atoms with Crippen LogP contribution in [0.25, 0.3) is 0 Å². The van der Waals surface area contributed by atoms with Gasteiger partial charge in [-0.15, -0.1) is 0 Å². The van der Waals surface area contributed by atoms with Crippen LogP contribution in [0.4, 0.5) is 13.2 Å². The number of likely N-dealkylation sites (tertiary alicyclic amines) is 1. The Hall–Kier alpha value is -2.04. The van der Waals surface area contributed by atoms with Gasteiger partial charge >= 0.3 is 6.18 Å². The van der Waals surface area contributed by atoms with Crippen molar-refractivity contribution in [3.05, 3.63) is 23.3 Å². The largest absolute Gasteiger partial charge is 0.542 e. The summed E-state index contributed by atoms with van der Waals surface area (Å²) in [5.74, 6) is -1.32. The van der Waals surface area contributed by atoms with Crippen molar-refractivity contribution in [2.24, 2.45) is 5.92 Å². The van der Waals surface area contributed by atoms with Gasteiger partial charge in [-0.2, -0.15) is 13.2 Å². The highest BCUT2D eigenvalue weighted by Crippen LogP contribution is 2.67. The summed E-state index contributed by atoms with van der Waals surface area (Å²) in [6.07, 6.45) is 1.24. The second-order valence-corrected chi connectivity index (χ2v) is 11.4. The van der Waals surface area contributed by atoms with Gasteiger partial charge in [0, 0.05) is 30.9 Å². The third-order valence-electron chi connectivity index (χ3n) is 9.20. The maximum Gasteiger partial charge on any atom is 0.430 e. The van der Waals surface area contributed by atoms with Gasteiger partial charge in [0.25, 0.3) is 0 Å². The van der Waals surface area contributed by atoms with Gasteiger partial charge in [0.1, 0.15) is 23.7 Å². The van der Waals surface area contributed by atoms with E-state index in [0.717, 1.165) is 54.8 Å². The monoisotopic (exact) mass is 513 g/mol. The third kappa shape index (κ3) is 3.62. The number of hydrogen-bond acceptors (Lipinski definition) is 6. The lowest BCUT2D eigenvalue weighted by Gasteiger charge is -2.67. The minimum atomic E-state index is -5.19. The zero-order chi connectivity index (χ0) is 26.1. The molecule has 10 heteroatoms. The molecular formula is C26H34F3NO6. The Bertz CT molecular complexity index is 1040. The number of aliphatic carboxylic acids is 1. The predicted octanol–water partition coefficient (Wildman–Crippen LogP) is 2.19. The number of alkyl halides is 3. The number of phenols is 1. The highest BCUT2D eigenvalue weighted by molar-refractivity contribution is 5.70. The number of piperidine rings is 1. The quantitative estimate of drug-likeness (QED) is 0.586. The molecule has 2 N–H and O–H groups in total. The minimum Gasteiger partial charge on any atom is -0.542 e. The number of carbonyl (C=O) groups is 1. The summed E-state index contributed by atoms with van der Waals surface area (Å²) in [4.78, 5) is 8.78. The van der Waals surface area contributed by atoms with Gasteiger partial charge in [0.2, 0.25) is 0 Å². The van der Waals surface area contributed by atoms with Gasteiger partial charge in [-0.1, -0.05) is 13.0 Å². The van der Waals surface area contributed by atoms with E-state index in [9.17, 15) is 23.4 Å². The van der Waals surface area contributed by atoms with Crippen molar-refractivity contribution in [1.82, 2.24) is 0 Å². The summed E-state index contributed by atoms with van der Waals surface area (Å²) in [6.45, 7) is 5.26. The maximum absolute atomic E-state index is 11.0. The van der Waals surface area contributed by atoms with E-state index >= 15 is 0 Å². The fourth-order valence-corrected chi connectivity index (χ4v) is 7.67. The molecule has 2 bridgehead atoms. The molecule has 1 saturated heterocycles. The summed E-state index contributed by atoms with van der Waals surface area (Å²) < 4.78 is 46.0. The summed E-state index contributed by atoms with van der Waals surface area (Å²) in [6, 6.07) is 4.27. The van der Waals surface area contributed by atoms with Crippen molar-refractivity contribution in [1.29, 1.82) is 0 Å². The molecule has 2 aliphatic heterocycles. The highest BCUT2D eigenvalue weighted by Gasteiger charge is 2.77. The van der Waals surface area contributed by atoms with Crippen molar-refractivity contribution in [3.63, 3.8) is 0 Å². The smallest absolute Gasteiger partial charge is 0.430 e. The minimum absolute atomic E-state index is 0.211. The molecule has 200 valence electrons. The molecule has 1 spiro atoms. The molecule has 5 aliphatic rings. The van der Waals surface area contributed by atoms with Crippen LogP contribution in [0.2, 0.25) is 0 Å². The Morgan fingerprint density at radius 2 is 1.97 bits per heavy atom. The Labute approximate surface area is 208 Å². The number of carboxylic acid groups (broad SMARTS) is 1. The average Bonchev–Trinajstić information content (AvgIpc) is 3.54. The summed E-state index contributed by atoms with van der Waals surface area (Å²) in [5.41, 5.74) is 1.80. The molecule has 2 saturated carbocycles. The van der Waals surface area contributed by atoms with Gasteiger partial charge in [-0.25, -0.2) is 0 Å². The van der Waals surface area contributed by atoms with E-state index in [1.165, 1.54) is 24.9 Å². The number of aliphatic hydroxyl groups is 1. The standard InChI is InChI=1S/C24H33NO4.C2HF3O2/c1-3-12-28-24-9-8-18(27)22-23(24)10-11-25(2,14-15-4-5-15)19(24)13-16-6-7-17(26)21(29-22)20(16)23;3-2(4,5)1(6)7/h6-7,15,18-19,22,27H,3-5,8-14H2,1-2H3;(H,6,7)/t18-,19-,22+,23+,24-,25?;/m1./s1. The van der Waals surface area contributed by atoms with Gasteiger partial charge in [0.05, 0.1) is 31.7 Å². The molecule has 0 aromatic heterocycles. The van der Waals surface area contributed by atoms with Crippen LogP contribution in [0.1, 0.15) is 56.6 Å². The third-order valence-corrected chi connectivity index (χ3v) is 9.20. The second-order valence-electron chi connectivity index (χ2n) is 11.4. The van der Waals surface area contributed by atoms with Gasteiger partial charge in [0.15, 0.2) is 11.5 Å². The van der Waals surface area contributed by atoms with Crippen LogP contribution in [0, 0.1) is 5.92 Å². The van der Waals surface area contributed by atoms with E-state index < -0.39 is 18.2 Å². The average molecular weight is 514 g/mol. The van der Waals surface area contributed by atoms with Crippen LogP contribution in [0.5, 0.6) is 11.5 Å². The molecule has 0 radical (unpaired) electrons. The number of likely N-dealkylation sites (N-methyl/N-ethyl adjacent to an activating group) is 1. The van der Waals surface area contributed by atoms with Crippen molar-refractivity contribution < 1.29 is 47.2 Å². The van der Waals surface area contributed by atoms with Crippen LogP contribution in [-0.4, -0.2) is 77.4 Å². The van der Waals surface area contributed by atoms with Crippen molar-refractivity contribution >= 4 is 5.97 Å². The number of rotatable bonds is 5. The van der Waals surface area contributed by atoms with Gasteiger partial charge in [-0.05, 0) is 43.7 Å². The molecule has 7 nitrogen and oxygen atoms in total. The molecule has 1 aromatic rings. The van der Waals surface area contributed by atoms with Crippen LogP contribution in [0.15, 0.2) is 12.1 Å². The number of carbonyl (C=O) groups excluding carboxylic acids is 1. The number of phenolic OH excluding ortho intramolecular Hbond substituents is 1. The molecule has 1 unspecified atom stereocenters. The van der Waals surface area contributed by atoms with Crippen LogP contribution in [0.3, 0.4) is 0 Å². The number of hydrogen-bond donors (Lipinski definition) is 2. The van der Waals surface area contributed by atoms with Crippen molar-refractivity contribution in [2.75, 3.05) is 26.7 Å². The lowest BCUT2D eigenvalue weighted by Crippen LogP contribution is -2.82. The zero-order valence-corrected chi connectivity index (χ0v) is 20.6. The van der Waals surface area contributed by atoms with E-state index in [0.29, 0.717) is 18.2 Å². The number of aliphatic hydroxyl groups excluding tert-OH is 1. The molecule has 1 aromatic carbocycles. The normalized spacial score (nSPS) is 37.9. The Morgan fingerprint density at radius 3 is 2.58 bits per heavy atom. The molecule has 3 aliphatic carbocycles. The number of halogens is 3. The number of carboxylic acids is 1. The highest BCUT2D eigenvalue weighted by atomic mass is 19.4. The lowest BCUT2D eigenvalue weighted by molar-refractivity contribution is -0.951. The first kappa shape index (κ1) is 25.6. The second kappa shape index (κ2) is 8.49. The first-order valence-electron chi connectivity index (χ1n) is 12.9. The van der Waals surface area contributed by atoms with Crippen molar-refractivity contribution in [3.8, 4) is 11.5 Å². The van der Waals surface area contributed by atoms with Crippen LogP contribution >= 0.6 is 0 Å². The van der Waals surface area contributed by atoms with E-state index in [1.807, 2.05) is 0 Å². The molecule has 3 fully saturated rings. The zero-order valence-electron chi connectivity index (χ0n) is 20.6. The molecule has 6 rings (SSSR count). The van der Waals surface area contributed by atoms with E-state index in [1.54, 1.807) is 6.07 Å². The molecule has 2 heterocycles. The SMILES string of the molecule is CCCO[C@@]12CC[C@@H](O)[C@@H]3Oc4c(O)ccc5c4[C@@]31CC[N+](C)(CC1CC1)[C@@H]2C5.O=C([O-])C(F)(F)F.